The number of carbonyl (C=O) groups is 2. The number of hydrogen-bond acceptors (Lipinski definition) is 3. The van der Waals surface area contributed by atoms with Crippen LogP contribution in [0.1, 0.15) is 58.3 Å². The van der Waals surface area contributed by atoms with E-state index in [1.807, 2.05) is 24.3 Å². The second kappa shape index (κ2) is 11.4. The summed E-state index contributed by atoms with van der Waals surface area (Å²) in [5.41, 5.74) is 1.50. The van der Waals surface area contributed by atoms with Crippen molar-refractivity contribution < 1.29 is 9.59 Å². The van der Waals surface area contributed by atoms with Crippen LogP contribution in [0.25, 0.3) is 0 Å². The van der Waals surface area contributed by atoms with Gasteiger partial charge in [0, 0.05) is 23.7 Å². The molecule has 5 nitrogen and oxygen atoms in total. The molecule has 2 fully saturated rings. The lowest BCUT2D eigenvalue weighted by atomic mass is 9.85. The molecule has 1 aromatic carbocycles. The third-order valence-electron chi connectivity index (χ3n) is 6.04. The van der Waals surface area contributed by atoms with E-state index in [2.05, 4.69) is 22.9 Å². The van der Waals surface area contributed by atoms with Gasteiger partial charge in [0.1, 0.15) is 0 Å². The number of anilines is 2. The average molecular weight is 408 g/mol. The summed E-state index contributed by atoms with van der Waals surface area (Å²) in [5, 5.41) is 9.43. The molecule has 1 heterocycles. The molecule has 2 amide bonds. The van der Waals surface area contributed by atoms with Crippen LogP contribution in [0.15, 0.2) is 24.3 Å². The van der Waals surface area contributed by atoms with Crippen LogP contribution in [-0.4, -0.2) is 24.9 Å². The zero-order valence-electron chi connectivity index (χ0n) is 16.8. The SMILES string of the molecule is CC(CC(=O)Nc1cccc(NC(=O)C2CCCCC2)c1)C1CCCNC1.Cl. The largest absolute Gasteiger partial charge is 0.326 e. The minimum Gasteiger partial charge on any atom is -0.326 e. The van der Waals surface area contributed by atoms with E-state index in [0.717, 1.165) is 50.1 Å². The maximum atomic E-state index is 12.4. The van der Waals surface area contributed by atoms with Gasteiger partial charge in [-0.15, -0.1) is 12.4 Å². The zero-order valence-corrected chi connectivity index (χ0v) is 17.7. The molecular formula is C22H34ClN3O2. The molecule has 3 N–H and O–H groups in total. The Hall–Kier alpha value is -1.59. The highest BCUT2D eigenvalue weighted by molar-refractivity contribution is 5.95. The van der Waals surface area contributed by atoms with Gasteiger partial charge in [-0.1, -0.05) is 32.3 Å². The first-order chi connectivity index (χ1) is 13.1. The number of amides is 2. The van der Waals surface area contributed by atoms with Gasteiger partial charge in [-0.2, -0.15) is 0 Å². The van der Waals surface area contributed by atoms with E-state index in [9.17, 15) is 9.59 Å². The summed E-state index contributed by atoms with van der Waals surface area (Å²) in [5.74, 6) is 1.22. The molecule has 0 bridgehead atoms. The van der Waals surface area contributed by atoms with Crippen LogP contribution in [0.2, 0.25) is 0 Å². The van der Waals surface area contributed by atoms with Gasteiger partial charge in [0.15, 0.2) is 0 Å². The minimum atomic E-state index is 0. The van der Waals surface area contributed by atoms with Crippen LogP contribution in [0, 0.1) is 17.8 Å². The molecule has 0 spiro atoms. The Balaban J connectivity index is 0.00000280. The van der Waals surface area contributed by atoms with Crippen LogP contribution >= 0.6 is 12.4 Å². The van der Waals surface area contributed by atoms with Gasteiger partial charge in [0.05, 0.1) is 0 Å². The number of nitrogens with one attached hydrogen (secondary N) is 3. The molecule has 6 heteroatoms. The van der Waals surface area contributed by atoms with E-state index in [-0.39, 0.29) is 30.1 Å². The van der Waals surface area contributed by atoms with Crippen molar-refractivity contribution in [3.05, 3.63) is 24.3 Å². The zero-order chi connectivity index (χ0) is 19.1. The van der Waals surface area contributed by atoms with Crippen molar-refractivity contribution in [1.82, 2.24) is 5.32 Å². The van der Waals surface area contributed by atoms with Crippen LogP contribution < -0.4 is 16.0 Å². The molecule has 0 radical (unpaired) electrons. The predicted molar refractivity (Wildman–Crippen MR) is 117 cm³/mol. The first-order valence-electron chi connectivity index (χ1n) is 10.5. The lowest BCUT2D eigenvalue weighted by molar-refractivity contribution is -0.120. The van der Waals surface area contributed by atoms with E-state index in [1.54, 1.807) is 0 Å². The molecule has 2 atom stereocenters. The highest BCUT2D eigenvalue weighted by Gasteiger charge is 2.23. The Kier molecular flexibility index (Phi) is 9.26. The lowest BCUT2D eigenvalue weighted by Crippen LogP contribution is -2.34. The van der Waals surface area contributed by atoms with Gasteiger partial charge in [-0.25, -0.2) is 0 Å². The Labute approximate surface area is 174 Å². The molecule has 1 aliphatic carbocycles. The van der Waals surface area contributed by atoms with E-state index in [4.69, 9.17) is 0 Å². The fourth-order valence-electron chi connectivity index (χ4n) is 4.32. The smallest absolute Gasteiger partial charge is 0.227 e. The van der Waals surface area contributed by atoms with Gasteiger partial charge >= 0.3 is 0 Å². The van der Waals surface area contributed by atoms with Crippen LogP contribution in [0.3, 0.4) is 0 Å². The summed E-state index contributed by atoms with van der Waals surface area (Å²) in [6.45, 7) is 4.27. The van der Waals surface area contributed by atoms with Crippen molar-refractivity contribution in [3.63, 3.8) is 0 Å². The van der Waals surface area contributed by atoms with Gasteiger partial charge in [-0.05, 0) is 68.8 Å². The van der Waals surface area contributed by atoms with Crippen LogP contribution in [-0.2, 0) is 9.59 Å². The quantitative estimate of drug-likeness (QED) is 0.645. The number of benzene rings is 1. The third-order valence-corrected chi connectivity index (χ3v) is 6.04. The second-order valence-corrected chi connectivity index (χ2v) is 8.24. The molecule has 1 saturated heterocycles. The number of hydrogen-bond donors (Lipinski definition) is 3. The lowest BCUT2D eigenvalue weighted by Gasteiger charge is -2.28. The van der Waals surface area contributed by atoms with Crippen molar-refractivity contribution in [2.45, 2.75) is 58.3 Å². The Bertz CT molecular complexity index is 640. The number of rotatable bonds is 6. The number of carbonyl (C=O) groups excluding carboxylic acids is 2. The van der Waals surface area contributed by atoms with E-state index < -0.39 is 0 Å². The summed E-state index contributed by atoms with van der Waals surface area (Å²) in [4.78, 5) is 24.8. The monoisotopic (exact) mass is 407 g/mol. The van der Waals surface area contributed by atoms with Gasteiger partial charge in [-0.3, -0.25) is 9.59 Å². The van der Waals surface area contributed by atoms with Crippen molar-refractivity contribution in [2.75, 3.05) is 23.7 Å². The van der Waals surface area contributed by atoms with E-state index in [0.29, 0.717) is 18.3 Å². The first kappa shape index (κ1) is 22.7. The molecule has 1 aromatic rings. The van der Waals surface area contributed by atoms with Crippen LogP contribution in [0.4, 0.5) is 11.4 Å². The molecule has 0 aromatic heterocycles. The normalized spacial score (nSPS) is 21.2. The van der Waals surface area contributed by atoms with Gasteiger partial charge in [0.25, 0.3) is 0 Å². The number of halogens is 1. The fraction of sp³-hybridized carbons (Fsp3) is 0.636. The molecule has 156 valence electrons. The summed E-state index contributed by atoms with van der Waals surface area (Å²) in [6, 6.07) is 7.49. The van der Waals surface area contributed by atoms with Crippen LogP contribution in [0.5, 0.6) is 0 Å². The fourth-order valence-corrected chi connectivity index (χ4v) is 4.32. The Morgan fingerprint density at radius 3 is 2.46 bits per heavy atom. The average Bonchev–Trinajstić information content (AvgIpc) is 2.69. The van der Waals surface area contributed by atoms with Crippen molar-refractivity contribution in [1.29, 1.82) is 0 Å². The van der Waals surface area contributed by atoms with Gasteiger partial charge < -0.3 is 16.0 Å². The molecular weight excluding hydrogens is 374 g/mol. The highest BCUT2D eigenvalue weighted by atomic mass is 35.5. The van der Waals surface area contributed by atoms with E-state index in [1.165, 1.54) is 19.3 Å². The molecule has 2 unspecified atom stereocenters. The maximum absolute atomic E-state index is 12.4. The first-order valence-corrected chi connectivity index (χ1v) is 10.5. The standard InChI is InChI=1S/C22H33N3O2.ClH/c1-16(18-9-6-12-23-15-18)13-21(26)24-19-10-5-11-20(14-19)25-22(27)17-7-3-2-4-8-17;/h5,10-11,14,16-18,23H,2-4,6-9,12-13,15H2,1H3,(H,24,26)(H,25,27);1H. The van der Waals surface area contributed by atoms with E-state index >= 15 is 0 Å². The van der Waals surface area contributed by atoms with Crippen molar-refractivity contribution in [2.24, 2.45) is 17.8 Å². The second-order valence-electron chi connectivity index (χ2n) is 8.24. The minimum absolute atomic E-state index is 0. The van der Waals surface area contributed by atoms with Crippen molar-refractivity contribution >= 4 is 35.6 Å². The summed E-state index contributed by atoms with van der Waals surface area (Å²) in [6.07, 6.45) is 8.41. The summed E-state index contributed by atoms with van der Waals surface area (Å²) in [7, 11) is 0. The van der Waals surface area contributed by atoms with Crippen molar-refractivity contribution in [3.8, 4) is 0 Å². The summed E-state index contributed by atoms with van der Waals surface area (Å²) < 4.78 is 0. The topological polar surface area (TPSA) is 70.2 Å². The highest BCUT2D eigenvalue weighted by Crippen LogP contribution is 2.26. The molecule has 28 heavy (non-hydrogen) atoms. The molecule has 1 saturated carbocycles. The Morgan fingerprint density at radius 1 is 1.07 bits per heavy atom. The summed E-state index contributed by atoms with van der Waals surface area (Å²) >= 11 is 0. The number of piperidine rings is 1. The Morgan fingerprint density at radius 2 is 1.79 bits per heavy atom. The molecule has 2 aliphatic rings. The molecule has 3 rings (SSSR count). The maximum Gasteiger partial charge on any atom is 0.227 e. The molecule has 1 aliphatic heterocycles. The third kappa shape index (κ3) is 6.78. The van der Waals surface area contributed by atoms with Gasteiger partial charge in [0.2, 0.25) is 11.8 Å². The predicted octanol–water partition coefficient (Wildman–Crippen LogP) is 4.59.